The Labute approximate surface area is 127 Å². The van der Waals surface area contributed by atoms with Gasteiger partial charge in [0.1, 0.15) is 11.0 Å². The number of benzene rings is 1. The summed E-state index contributed by atoms with van der Waals surface area (Å²) < 4.78 is 53.8. The van der Waals surface area contributed by atoms with Gasteiger partial charge in [0.05, 0.1) is 10.5 Å². The van der Waals surface area contributed by atoms with Crippen LogP contribution < -0.4 is 4.72 Å². The first-order chi connectivity index (χ1) is 9.43. The first-order valence-electron chi connectivity index (χ1n) is 6.80. The monoisotopic (exact) mass is 323 g/mol. The van der Waals surface area contributed by atoms with Gasteiger partial charge in [0.2, 0.25) is 0 Å². The van der Waals surface area contributed by atoms with Crippen molar-refractivity contribution in [2.45, 2.75) is 65.1 Å². The van der Waals surface area contributed by atoms with E-state index in [1.165, 1.54) is 26.0 Å². The largest absolute Gasteiger partial charge is 0.416 e. The molecule has 0 heterocycles. The van der Waals surface area contributed by atoms with Gasteiger partial charge in [-0.15, -0.1) is 0 Å². The molecule has 0 fully saturated rings. The van der Waals surface area contributed by atoms with Crippen molar-refractivity contribution < 1.29 is 17.4 Å². The van der Waals surface area contributed by atoms with Crippen LogP contribution in [0.5, 0.6) is 0 Å². The molecule has 122 valence electrons. The van der Waals surface area contributed by atoms with Gasteiger partial charge in [0, 0.05) is 5.54 Å². The van der Waals surface area contributed by atoms with E-state index in [2.05, 4.69) is 4.72 Å². The molecule has 0 aromatic heterocycles. The van der Waals surface area contributed by atoms with Gasteiger partial charge >= 0.3 is 6.18 Å². The highest BCUT2D eigenvalue weighted by atomic mass is 32.2. The zero-order valence-electron chi connectivity index (χ0n) is 13.6. The third-order valence-electron chi connectivity index (χ3n) is 2.51. The summed E-state index contributed by atoms with van der Waals surface area (Å²) in [4.78, 5) is 0.174. The lowest BCUT2D eigenvalue weighted by Gasteiger charge is -2.22. The molecule has 1 unspecified atom stereocenters. The molecule has 1 aromatic carbocycles. The lowest BCUT2D eigenvalue weighted by atomic mass is 10.0. The third kappa shape index (κ3) is 5.79. The van der Waals surface area contributed by atoms with Gasteiger partial charge in [0.15, 0.2) is 0 Å². The van der Waals surface area contributed by atoms with Crippen LogP contribution in [0.25, 0.3) is 0 Å². The van der Waals surface area contributed by atoms with Crippen LogP contribution in [0.4, 0.5) is 13.2 Å². The number of aryl methyl sites for hydroxylation is 1. The van der Waals surface area contributed by atoms with Crippen molar-refractivity contribution in [1.82, 2.24) is 4.72 Å². The normalized spacial score (nSPS) is 13.4. The fraction of sp³-hybridized carbons (Fsp3) is 0.600. The van der Waals surface area contributed by atoms with E-state index in [-0.39, 0.29) is 16.0 Å². The molecule has 0 spiro atoms. The Bertz CT molecular complexity index is 505. The van der Waals surface area contributed by atoms with Crippen LogP contribution in [0.1, 0.15) is 51.3 Å². The highest BCUT2D eigenvalue weighted by molar-refractivity contribution is 7.83. The van der Waals surface area contributed by atoms with Crippen molar-refractivity contribution in [3.8, 4) is 0 Å². The van der Waals surface area contributed by atoms with Crippen LogP contribution in [0, 0.1) is 13.8 Å². The van der Waals surface area contributed by atoms with Gasteiger partial charge in [-0.2, -0.15) is 13.2 Å². The lowest BCUT2D eigenvalue weighted by molar-refractivity contribution is -0.138. The molecule has 0 saturated carbocycles. The Hall–Kier alpha value is -0.880. The maximum Gasteiger partial charge on any atom is 0.416 e. The molecule has 6 heteroatoms. The van der Waals surface area contributed by atoms with Crippen molar-refractivity contribution in [1.29, 1.82) is 0 Å². The van der Waals surface area contributed by atoms with E-state index in [9.17, 15) is 17.4 Å². The van der Waals surface area contributed by atoms with E-state index < -0.39 is 28.3 Å². The molecule has 1 atom stereocenters. The van der Waals surface area contributed by atoms with E-state index in [1.54, 1.807) is 20.8 Å². The lowest BCUT2D eigenvalue weighted by Crippen LogP contribution is -2.37. The molecule has 0 aliphatic rings. The molecule has 1 rings (SSSR count). The smallest absolute Gasteiger partial charge is 0.237 e. The summed E-state index contributed by atoms with van der Waals surface area (Å²) in [5.74, 6) is 0. The standard InChI is InChI=1S/C13H18F3NOS.C2H6/c1-8-6-7-10(19(18)17-12(3,4)5)9(2)11(8)13(14,15)16;1-2/h6-7,17H,1-5H3;1-2H3. The van der Waals surface area contributed by atoms with Gasteiger partial charge in [0.25, 0.3) is 0 Å². The first kappa shape index (κ1) is 20.1. The summed E-state index contributed by atoms with van der Waals surface area (Å²) in [7, 11) is -1.67. The van der Waals surface area contributed by atoms with Gasteiger partial charge in [-0.3, -0.25) is 0 Å². The topological polar surface area (TPSA) is 29.1 Å². The van der Waals surface area contributed by atoms with Crippen molar-refractivity contribution >= 4 is 11.0 Å². The molecule has 21 heavy (non-hydrogen) atoms. The number of hydrogen-bond donors (Lipinski definition) is 1. The molecule has 1 aromatic rings. The van der Waals surface area contributed by atoms with Crippen molar-refractivity contribution in [2.75, 3.05) is 0 Å². The summed E-state index contributed by atoms with van der Waals surface area (Å²) in [5, 5.41) is 0. The van der Waals surface area contributed by atoms with Crippen LogP contribution in [-0.2, 0) is 17.2 Å². The molecule has 0 radical (unpaired) electrons. The zero-order chi connectivity index (χ0) is 17.0. The molecule has 0 saturated heterocycles. The Morgan fingerprint density at radius 1 is 1.05 bits per heavy atom. The molecule has 0 aliphatic carbocycles. The second kappa shape index (κ2) is 7.40. The Morgan fingerprint density at radius 2 is 1.52 bits per heavy atom. The fourth-order valence-electron chi connectivity index (χ4n) is 1.80. The van der Waals surface area contributed by atoms with Gasteiger partial charge in [-0.1, -0.05) is 19.9 Å². The summed E-state index contributed by atoms with van der Waals surface area (Å²) in [5.41, 5.74) is -0.987. The highest BCUT2D eigenvalue weighted by Gasteiger charge is 2.35. The van der Waals surface area contributed by atoms with Crippen LogP contribution in [0.2, 0.25) is 0 Å². The molecule has 0 aliphatic heterocycles. The quantitative estimate of drug-likeness (QED) is 0.835. The molecular formula is C15H24F3NOS. The van der Waals surface area contributed by atoms with Crippen LogP contribution >= 0.6 is 0 Å². The minimum absolute atomic E-state index is 0.0163. The van der Waals surface area contributed by atoms with E-state index in [4.69, 9.17) is 0 Å². The number of hydrogen-bond acceptors (Lipinski definition) is 1. The van der Waals surface area contributed by atoms with Crippen LogP contribution in [-0.4, -0.2) is 9.75 Å². The number of halogens is 3. The van der Waals surface area contributed by atoms with Crippen LogP contribution in [0.15, 0.2) is 17.0 Å². The summed E-state index contributed by atoms with van der Waals surface area (Å²) in [6, 6.07) is 2.84. The van der Waals surface area contributed by atoms with Gasteiger partial charge in [-0.25, -0.2) is 8.93 Å². The van der Waals surface area contributed by atoms with Crippen molar-refractivity contribution in [2.24, 2.45) is 0 Å². The molecular weight excluding hydrogens is 299 g/mol. The second-order valence-electron chi connectivity index (χ2n) is 5.50. The fourth-order valence-corrected chi connectivity index (χ4v) is 3.04. The van der Waals surface area contributed by atoms with Crippen molar-refractivity contribution in [3.63, 3.8) is 0 Å². The Morgan fingerprint density at radius 3 is 1.90 bits per heavy atom. The molecule has 1 N–H and O–H groups in total. The van der Waals surface area contributed by atoms with Crippen molar-refractivity contribution in [3.05, 3.63) is 28.8 Å². The predicted octanol–water partition coefficient (Wildman–Crippen LogP) is 4.76. The molecule has 0 bridgehead atoms. The maximum absolute atomic E-state index is 13.0. The number of alkyl halides is 3. The van der Waals surface area contributed by atoms with Gasteiger partial charge < -0.3 is 0 Å². The molecule has 2 nitrogen and oxygen atoms in total. The Kier molecular flexibility index (Phi) is 7.09. The minimum Gasteiger partial charge on any atom is -0.237 e. The third-order valence-corrected chi connectivity index (χ3v) is 4.15. The first-order valence-corrected chi connectivity index (χ1v) is 7.95. The number of rotatable bonds is 2. The summed E-state index contributed by atoms with van der Waals surface area (Å²) >= 11 is 0. The van der Waals surface area contributed by atoms with Crippen LogP contribution in [0.3, 0.4) is 0 Å². The number of nitrogens with one attached hydrogen (secondary N) is 1. The average Bonchev–Trinajstić information content (AvgIpc) is 2.27. The van der Waals surface area contributed by atoms with E-state index in [0.29, 0.717) is 0 Å². The average molecular weight is 323 g/mol. The Balaban J connectivity index is 0.00000191. The highest BCUT2D eigenvalue weighted by Crippen LogP contribution is 2.36. The van der Waals surface area contributed by atoms with Gasteiger partial charge in [-0.05, 0) is 51.8 Å². The zero-order valence-corrected chi connectivity index (χ0v) is 14.4. The summed E-state index contributed by atoms with van der Waals surface area (Å²) in [6.07, 6.45) is -4.43. The SMILES string of the molecule is CC.Cc1ccc(S(=O)NC(C)(C)C)c(C)c1C(F)(F)F. The predicted molar refractivity (Wildman–Crippen MR) is 81.6 cm³/mol. The second-order valence-corrected chi connectivity index (χ2v) is 6.68. The van der Waals surface area contributed by atoms with E-state index >= 15 is 0 Å². The van der Waals surface area contributed by atoms with E-state index in [1.807, 2.05) is 13.8 Å². The molecule has 0 amide bonds. The maximum atomic E-state index is 13.0. The summed E-state index contributed by atoms with van der Waals surface area (Å²) in [6.45, 7) is 12.2. The minimum atomic E-state index is -4.43. The van der Waals surface area contributed by atoms with E-state index in [0.717, 1.165) is 0 Å².